The molecule has 1 saturated carbocycles. The van der Waals surface area contributed by atoms with Crippen LogP contribution >= 0.6 is 24.0 Å². The van der Waals surface area contributed by atoms with Gasteiger partial charge in [0.15, 0.2) is 5.96 Å². The molecule has 1 aliphatic carbocycles. The minimum Gasteiger partial charge on any atom is -0.357 e. The van der Waals surface area contributed by atoms with Crippen LogP contribution in [-0.2, 0) is 11.8 Å². The van der Waals surface area contributed by atoms with Crippen molar-refractivity contribution in [2.45, 2.75) is 31.6 Å². The summed E-state index contributed by atoms with van der Waals surface area (Å²) in [4.78, 5) is 8.87. The number of hydrogen-bond acceptors (Lipinski definition) is 2. The van der Waals surface area contributed by atoms with Crippen LogP contribution in [0.5, 0.6) is 0 Å². The second-order valence-electron chi connectivity index (χ2n) is 6.52. The van der Waals surface area contributed by atoms with Crippen molar-refractivity contribution in [2.24, 2.45) is 4.99 Å². The van der Waals surface area contributed by atoms with E-state index in [1.54, 1.807) is 18.3 Å². The van der Waals surface area contributed by atoms with Crippen LogP contribution in [0.25, 0.3) is 0 Å². The zero-order valence-electron chi connectivity index (χ0n) is 15.0. The summed E-state index contributed by atoms with van der Waals surface area (Å²) in [6, 6.07) is 10.9. The molecule has 1 fully saturated rings. The Hall–Kier alpha value is -1.70. The zero-order chi connectivity index (χ0) is 17.5. The van der Waals surface area contributed by atoms with Gasteiger partial charge < -0.3 is 10.6 Å². The number of aliphatic imine (C=N–C) groups is 1. The molecule has 0 amide bonds. The molecule has 0 radical (unpaired) electrons. The fraction of sp³-hybridized carbons (Fsp3) is 0.400. The largest absolute Gasteiger partial charge is 0.357 e. The van der Waals surface area contributed by atoms with Crippen molar-refractivity contribution in [1.82, 2.24) is 15.6 Å². The van der Waals surface area contributed by atoms with Crippen molar-refractivity contribution in [2.75, 3.05) is 19.6 Å². The highest BCUT2D eigenvalue weighted by Gasteiger charge is 2.44. The number of rotatable bonds is 7. The summed E-state index contributed by atoms with van der Waals surface area (Å²) in [5.41, 5.74) is 2.26. The van der Waals surface area contributed by atoms with E-state index in [0.717, 1.165) is 43.9 Å². The van der Waals surface area contributed by atoms with E-state index >= 15 is 0 Å². The quantitative estimate of drug-likeness (QED) is 0.371. The molecule has 1 aliphatic rings. The van der Waals surface area contributed by atoms with Crippen LogP contribution in [-0.4, -0.2) is 30.6 Å². The number of pyridine rings is 1. The maximum Gasteiger partial charge on any atom is 0.191 e. The first-order chi connectivity index (χ1) is 12.2. The van der Waals surface area contributed by atoms with Gasteiger partial charge in [0, 0.05) is 30.9 Å². The van der Waals surface area contributed by atoms with Gasteiger partial charge in [-0.05, 0) is 55.5 Å². The van der Waals surface area contributed by atoms with Gasteiger partial charge in [0.1, 0.15) is 5.82 Å². The normalized spacial score (nSPS) is 15.1. The van der Waals surface area contributed by atoms with Crippen LogP contribution < -0.4 is 10.6 Å². The first-order valence-electron chi connectivity index (χ1n) is 8.89. The van der Waals surface area contributed by atoms with E-state index in [9.17, 15) is 4.39 Å². The summed E-state index contributed by atoms with van der Waals surface area (Å²) in [6.45, 7) is 4.34. The first-order valence-corrected chi connectivity index (χ1v) is 8.89. The lowest BCUT2D eigenvalue weighted by Crippen LogP contribution is -2.39. The Bertz CT molecular complexity index is 717. The van der Waals surface area contributed by atoms with Gasteiger partial charge in [-0.2, -0.15) is 0 Å². The van der Waals surface area contributed by atoms with Gasteiger partial charge in [-0.15, -0.1) is 24.0 Å². The van der Waals surface area contributed by atoms with Crippen LogP contribution in [0.15, 0.2) is 53.8 Å². The average Bonchev–Trinajstić information content (AvgIpc) is 3.42. The molecule has 6 heteroatoms. The summed E-state index contributed by atoms with van der Waals surface area (Å²) in [7, 11) is 0. The minimum absolute atomic E-state index is 0. The molecule has 26 heavy (non-hydrogen) atoms. The first kappa shape index (κ1) is 20.6. The van der Waals surface area contributed by atoms with Gasteiger partial charge in [-0.25, -0.2) is 4.39 Å². The number of nitrogens with zero attached hydrogens (tertiary/aromatic N) is 2. The highest BCUT2D eigenvalue weighted by atomic mass is 127. The Balaban J connectivity index is 0.00000243. The van der Waals surface area contributed by atoms with Crippen LogP contribution in [0.2, 0.25) is 0 Å². The fourth-order valence-corrected chi connectivity index (χ4v) is 2.95. The van der Waals surface area contributed by atoms with Gasteiger partial charge >= 0.3 is 0 Å². The summed E-state index contributed by atoms with van der Waals surface area (Å²) in [6.07, 6.45) is 6.69. The second kappa shape index (κ2) is 9.85. The molecule has 1 aromatic carbocycles. The van der Waals surface area contributed by atoms with Crippen LogP contribution in [0.4, 0.5) is 4.39 Å². The monoisotopic (exact) mass is 468 g/mol. The van der Waals surface area contributed by atoms with E-state index in [1.165, 1.54) is 11.6 Å². The SMILES string of the molecule is CCNC(=NCC1(c2cccc(F)c2)CC1)NCCc1cccnc1.I. The number of hydrogen-bond donors (Lipinski definition) is 2. The molecule has 1 aromatic heterocycles. The Kier molecular flexibility index (Phi) is 7.81. The molecule has 1 heterocycles. The number of guanidine groups is 1. The van der Waals surface area contributed by atoms with Crippen LogP contribution in [0.3, 0.4) is 0 Å². The van der Waals surface area contributed by atoms with Crippen molar-refractivity contribution in [3.8, 4) is 0 Å². The minimum atomic E-state index is -0.172. The number of aromatic nitrogens is 1. The molecule has 0 unspecified atom stereocenters. The van der Waals surface area contributed by atoms with Gasteiger partial charge in [0.05, 0.1) is 6.54 Å². The van der Waals surface area contributed by atoms with Crippen molar-refractivity contribution in [1.29, 1.82) is 0 Å². The van der Waals surface area contributed by atoms with Gasteiger partial charge in [-0.3, -0.25) is 9.98 Å². The molecule has 0 aliphatic heterocycles. The van der Waals surface area contributed by atoms with Gasteiger partial charge in [0.25, 0.3) is 0 Å². The number of halogens is 2. The lowest BCUT2D eigenvalue weighted by atomic mass is 9.96. The Morgan fingerprint density at radius 1 is 1.23 bits per heavy atom. The zero-order valence-corrected chi connectivity index (χ0v) is 17.4. The van der Waals surface area contributed by atoms with E-state index in [4.69, 9.17) is 4.99 Å². The third-order valence-electron chi connectivity index (χ3n) is 4.60. The molecule has 0 atom stereocenters. The van der Waals surface area contributed by atoms with E-state index in [1.807, 2.05) is 18.3 Å². The van der Waals surface area contributed by atoms with Crippen molar-refractivity contribution in [3.63, 3.8) is 0 Å². The summed E-state index contributed by atoms with van der Waals surface area (Å²) in [5.74, 6) is 0.642. The average molecular weight is 468 g/mol. The molecule has 3 rings (SSSR count). The van der Waals surface area contributed by atoms with E-state index in [0.29, 0.717) is 6.54 Å². The topological polar surface area (TPSA) is 49.3 Å². The molecule has 140 valence electrons. The predicted octanol–water partition coefficient (Wildman–Crippen LogP) is 3.67. The number of benzene rings is 1. The molecule has 2 aromatic rings. The molecule has 4 nitrogen and oxygen atoms in total. The van der Waals surface area contributed by atoms with Crippen molar-refractivity contribution in [3.05, 3.63) is 65.7 Å². The molecule has 0 saturated heterocycles. The summed E-state index contributed by atoms with van der Waals surface area (Å²) >= 11 is 0. The highest BCUT2D eigenvalue weighted by molar-refractivity contribution is 14.0. The van der Waals surface area contributed by atoms with Crippen LogP contribution in [0.1, 0.15) is 30.9 Å². The summed E-state index contributed by atoms with van der Waals surface area (Å²) in [5, 5.41) is 6.65. The fourth-order valence-electron chi connectivity index (χ4n) is 2.95. The number of nitrogens with one attached hydrogen (secondary N) is 2. The lowest BCUT2D eigenvalue weighted by Gasteiger charge is -2.16. The Labute approximate surface area is 171 Å². The van der Waals surface area contributed by atoms with E-state index in [2.05, 4.69) is 28.6 Å². The maximum absolute atomic E-state index is 13.5. The molecule has 0 spiro atoms. The second-order valence-corrected chi connectivity index (χ2v) is 6.52. The molecule has 2 N–H and O–H groups in total. The van der Waals surface area contributed by atoms with E-state index < -0.39 is 0 Å². The summed E-state index contributed by atoms with van der Waals surface area (Å²) < 4.78 is 13.5. The molecular formula is C20H26FIN4. The van der Waals surface area contributed by atoms with Crippen LogP contribution in [0, 0.1) is 5.82 Å². The van der Waals surface area contributed by atoms with Crippen molar-refractivity contribution >= 4 is 29.9 Å². The van der Waals surface area contributed by atoms with Crippen molar-refractivity contribution < 1.29 is 4.39 Å². The molecule has 0 bridgehead atoms. The standard InChI is InChI=1S/C20H25FN4.HI/c1-2-23-19(24-12-8-16-5-4-11-22-14-16)25-15-20(9-10-20)17-6-3-7-18(21)13-17;/h3-7,11,13-14H,2,8-10,12,15H2,1H3,(H2,23,24,25);1H. The van der Waals surface area contributed by atoms with Gasteiger partial charge in [-0.1, -0.05) is 18.2 Å². The third-order valence-corrected chi connectivity index (χ3v) is 4.60. The lowest BCUT2D eigenvalue weighted by molar-refractivity contribution is 0.615. The molecular weight excluding hydrogens is 442 g/mol. The van der Waals surface area contributed by atoms with E-state index in [-0.39, 0.29) is 35.2 Å². The Morgan fingerprint density at radius 3 is 2.73 bits per heavy atom. The Morgan fingerprint density at radius 2 is 2.08 bits per heavy atom. The highest BCUT2D eigenvalue weighted by Crippen LogP contribution is 2.48. The third kappa shape index (κ3) is 5.65. The maximum atomic E-state index is 13.5. The van der Waals surface area contributed by atoms with Gasteiger partial charge in [0.2, 0.25) is 0 Å². The predicted molar refractivity (Wildman–Crippen MR) is 115 cm³/mol. The smallest absolute Gasteiger partial charge is 0.191 e.